The average molecular weight is 286 g/mol. The molecule has 0 unspecified atom stereocenters. The lowest BCUT2D eigenvalue weighted by Crippen LogP contribution is -2.30. The average Bonchev–Trinajstić information content (AvgIpc) is 2.42. The van der Waals surface area contributed by atoms with Crippen molar-refractivity contribution >= 4 is 11.6 Å². The van der Waals surface area contributed by atoms with E-state index in [1.807, 2.05) is 0 Å². The number of nitrogens with one attached hydrogen (secondary N) is 1. The van der Waals surface area contributed by atoms with Crippen molar-refractivity contribution in [1.29, 1.82) is 0 Å². The zero-order valence-electron chi connectivity index (χ0n) is 11.0. The Kier molecular flexibility index (Phi) is 4.65. The zero-order chi connectivity index (χ0) is 14.7. The largest absolute Gasteiger partial charge is 0.330 e. The molecule has 0 bridgehead atoms. The van der Waals surface area contributed by atoms with Crippen LogP contribution in [0.1, 0.15) is 25.7 Å². The molecule has 3 nitrogen and oxygen atoms in total. The van der Waals surface area contributed by atoms with E-state index < -0.39 is 29.0 Å². The number of nitrogens with two attached hydrogens (primary N) is 1. The SMILES string of the molecule is NCC1CCC(C(=O)Nc2c(F)cc(F)cc2F)CC1. The number of halogens is 3. The molecule has 1 aromatic carbocycles. The summed E-state index contributed by atoms with van der Waals surface area (Å²) in [5.74, 6) is -3.51. The highest BCUT2D eigenvalue weighted by Gasteiger charge is 2.27. The molecule has 1 aliphatic rings. The fourth-order valence-corrected chi connectivity index (χ4v) is 2.55. The molecule has 6 heteroatoms. The molecule has 1 aliphatic carbocycles. The Hall–Kier alpha value is -1.56. The Morgan fingerprint density at radius 2 is 1.70 bits per heavy atom. The molecular formula is C14H17F3N2O. The molecule has 20 heavy (non-hydrogen) atoms. The lowest BCUT2D eigenvalue weighted by atomic mass is 9.81. The first-order valence-corrected chi connectivity index (χ1v) is 6.66. The van der Waals surface area contributed by atoms with Crippen LogP contribution in [0.3, 0.4) is 0 Å². The third-order valence-corrected chi connectivity index (χ3v) is 3.81. The van der Waals surface area contributed by atoms with E-state index in [9.17, 15) is 18.0 Å². The van der Waals surface area contributed by atoms with Crippen molar-refractivity contribution < 1.29 is 18.0 Å². The third kappa shape index (κ3) is 3.30. The monoisotopic (exact) mass is 286 g/mol. The molecule has 1 saturated carbocycles. The minimum atomic E-state index is -1.11. The van der Waals surface area contributed by atoms with Crippen molar-refractivity contribution in [2.45, 2.75) is 25.7 Å². The Morgan fingerprint density at radius 3 is 2.20 bits per heavy atom. The minimum Gasteiger partial charge on any atom is -0.330 e. The first-order chi connectivity index (χ1) is 9.51. The van der Waals surface area contributed by atoms with Crippen LogP contribution in [0.2, 0.25) is 0 Å². The van der Waals surface area contributed by atoms with E-state index >= 15 is 0 Å². The van der Waals surface area contributed by atoms with Crippen LogP contribution in [-0.2, 0) is 4.79 Å². The maximum absolute atomic E-state index is 13.4. The Morgan fingerprint density at radius 1 is 1.15 bits per heavy atom. The number of carbonyl (C=O) groups is 1. The molecule has 0 heterocycles. The smallest absolute Gasteiger partial charge is 0.227 e. The maximum Gasteiger partial charge on any atom is 0.227 e. The van der Waals surface area contributed by atoms with Gasteiger partial charge in [0, 0.05) is 18.1 Å². The van der Waals surface area contributed by atoms with Gasteiger partial charge in [0.15, 0.2) is 11.6 Å². The van der Waals surface area contributed by atoms with E-state index in [0.717, 1.165) is 12.8 Å². The second-order valence-corrected chi connectivity index (χ2v) is 5.19. The molecule has 2 rings (SSSR count). The van der Waals surface area contributed by atoms with Crippen LogP contribution < -0.4 is 11.1 Å². The van der Waals surface area contributed by atoms with Gasteiger partial charge in [-0.25, -0.2) is 13.2 Å². The van der Waals surface area contributed by atoms with Crippen molar-refractivity contribution in [2.75, 3.05) is 11.9 Å². The number of carbonyl (C=O) groups excluding carboxylic acids is 1. The highest BCUT2D eigenvalue weighted by atomic mass is 19.1. The van der Waals surface area contributed by atoms with Crippen LogP contribution in [0.4, 0.5) is 18.9 Å². The van der Waals surface area contributed by atoms with Gasteiger partial charge < -0.3 is 11.1 Å². The van der Waals surface area contributed by atoms with Gasteiger partial charge in [-0.3, -0.25) is 4.79 Å². The topological polar surface area (TPSA) is 55.1 Å². The molecule has 110 valence electrons. The van der Waals surface area contributed by atoms with Gasteiger partial charge in [0.05, 0.1) is 0 Å². The van der Waals surface area contributed by atoms with Crippen molar-refractivity contribution in [3.8, 4) is 0 Å². The molecular weight excluding hydrogens is 269 g/mol. The number of hydrogen-bond donors (Lipinski definition) is 2. The Bertz CT molecular complexity index is 476. The summed E-state index contributed by atoms with van der Waals surface area (Å²) in [5, 5.41) is 2.22. The van der Waals surface area contributed by atoms with Crippen molar-refractivity contribution in [2.24, 2.45) is 17.6 Å². The molecule has 0 radical (unpaired) electrons. The first-order valence-electron chi connectivity index (χ1n) is 6.66. The van der Waals surface area contributed by atoms with E-state index in [0.29, 0.717) is 37.4 Å². The summed E-state index contributed by atoms with van der Waals surface area (Å²) in [6, 6.07) is 1.09. The quantitative estimate of drug-likeness (QED) is 0.897. The summed E-state index contributed by atoms with van der Waals surface area (Å²) >= 11 is 0. The summed E-state index contributed by atoms with van der Waals surface area (Å²) in [6.45, 7) is 0.593. The predicted molar refractivity (Wildman–Crippen MR) is 69.4 cm³/mol. The number of benzene rings is 1. The lowest BCUT2D eigenvalue weighted by molar-refractivity contribution is -0.121. The van der Waals surface area contributed by atoms with Crippen molar-refractivity contribution in [3.05, 3.63) is 29.6 Å². The third-order valence-electron chi connectivity index (χ3n) is 3.81. The van der Waals surface area contributed by atoms with E-state index in [4.69, 9.17) is 5.73 Å². The minimum absolute atomic E-state index is 0.276. The molecule has 0 saturated heterocycles. The molecule has 1 aromatic rings. The molecule has 0 aromatic heterocycles. The van der Waals surface area contributed by atoms with Gasteiger partial charge in [0.25, 0.3) is 0 Å². The first kappa shape index (κ1) is 14.8. The lowest BCUT2D eigenvalue weighted by Gasteiger charge is -2.26. The van der Waals surface area contributed by atoms with Gasteiger partial charge in [0.2, 0.25) is 5.91 Å². The van der Waals surface area contributed by atoms with Crippen LogP contribution in [0, 0.1) is 29.3 Å². The molecule has 1 amide bonds. The van der Waals surface area contributed by atoms with E-state index in [-0.39, 0.29) is 5.92 Å². The van der Waals surface area contributed by atoms with Gasteiger partial charge in [0.1, 0.15) is 11.5 Å². The van der Waals surface area contributed by atoms with Crippen LogP contribution >= 0.6 is 0 Å². The van der Waals surface area contributed by atoms with Gasteiger partial charge in [-0.2, -0.15) is 0 Å². The summed E-state index contributed by atoms with van der Waals surface area (Å²) in [5.41, 5.74) is 4.98. The van der Waals surface area contributed by atoms with Gasteiger partial charge in [-0.15, -0.1) is 0 Å². The van der Waals surface area contributed by atoms with E-state index in [2.05, 4.69) is 5.32 Å². The Labute approximate surface area is 115 Å². The summed E-state index contributed by atoms with van der Waals surface area (Å²) in [4.78, 5) is 12.0. The molecule has 0 atom stereocenters. The van der Waals surface area contributed by atoms with Crippen LogP contribution in [0.25, 0.3) is 0 Å². The van der Waals surface area contributed by atoms with Crippen LogP contribution in [0.15, 0.2) is 12.1 Å². The van der Waals surface area contributed by atoms with Gasteiger partial charge >= 0.3 is 0 Å². The van der Waals surface area contributed by atoms with Crippen molar-refractivity contribution in [1.82, 2.24) is 0 Å². The zero-order valence-corrected chi connectivity index (χ0v) is 11.0. The second kappa shape index (κ2) is 6.26. The molecule has 1 fully saturated rings. The number of rotatable bonds is 3. The van der Waals surface area contributed by atoms with Gasteiger partial charge in [-0.1, -0.05) is 0 Å². The molecule has 3 N–H and O–H groups in total. The normalized spacial score (nSPS) is 22.6. The second-order valence-electron chi connectivity index (χ2n) is 5.19. The summed E-state index contributed by atoms with van der Waals surface area (Å²) < 4.78 is 39.7. The predicted octanol–water partition coefficient (Wildman–Crippen LogP) is 2.81. The molecule has 0 spiro atoms. The molecule has 0 aliphatic heterocycles. The van der Waals surface area contributed by atoms with E-state index in [1.165, 1.54) is 0 Å². The fourth-order valence-electron chi connectivity index (χ4n) is 2.55. The highest BCUT2D eigenvalue weighted by molar-refractivity contribution is 5.92. The van der Waals surface area contributed by atoms with Gasteiger partial charge in [-0.05, 0) is 38.1 Å². The number of anilines is 1. The maximum atomic E-state index is 13.4. The number of amides is 1. The summed E-state index contributed by atoms with van der Waals surface area (Å²) in [7, 11) is 0. The van der Waals surface area contributed by atoms with Crippen LogP contribution in [-0.4, -0.2) is 12.5 Å². The number of hydrogen-bond acceptors (Lipinski definition) is 2. The summed E-state index contributed by atoms with van der Waals surface area (Å²) in [6.07, 6.45) is 2.97. The standard InChI is InChI=1S/C14H17F3N2O/c15-10-5-11(16)13(12(17)6-10)19-14(20)9-3-1-8(7-18)2-4-9/h5-6,8-9H,1-4,7,18H2,(H,19,20). The highest BCUT2D eigenvalue weighted by Crippen LogP contribution is 2.30. The fraction of sp³-hybridized carbons (Fsp3) is 0.500. The van der Waals surface area contributed by atoms with Crippen LogP contribution in [0.5, 0.6) is 0 Å². The Balaban J connectivity index is 2.02. The van der Waals surface area contributed by atoms with E-state index in [1.54, 1.807) is 0 Å². The van der Waals surface area contributed by atoms with Crippen molar-refractivity contribution in [3.63, 3.8) is 0 Å².